The second-order valence-electron chi connectivity index (χ2n) is 5.77. The second-order valence-corrected chi connectivity index (χ2v) is 5.77. The number of likely N-dealkylation sites (N-methyl/N-ethyl adjacent to an activating group) is 1. The Kier molecular flexibility index (Phi) is 3.90. The van der Waals surface area contributed by atoms with Gasteiger partial charge in [-0.05, 0) is 43.3 Å². The maximum Gasteiger partial charge on any atom is 0.120 e. The first-order chi connectivity index (χ1) is 9.74. The molecule has 3 heteroatoms. The Hall–Kier alpha value is -1.58. The van der Waals surface area contributed by atoms with Crippen LogP contribution in [0, 0.1) is 0 Å². The number of nitrogens with one attached hydrogen (secondary N) is 1. The van der Waals surface area contributed by atoms with E-state index in [2.05, 4.69) is 29.4 Å². The van der Waals surface area contributed by atoms with Crippen LogP contribution in [0.4, 0.5) is 0 Å². The Morgan fingerprint density at radius 3 is 2.90 bits per heavy atom. The molecule has 20 heavy (non-hydrogen) atoms. The van der Waals surface area contributed by atoms with Crippen molar-refractivity contribution in [3.05, 3.63) is 42.0 Å². The Morgan fingerprint density at radius 2 is 2.10 bits per heavy atom. The molecule has 0 aliphatic carbocycles. The quantitative estimate of drug-likeness (QED) is 0.896. The number of phenols is 1. The second kappa shape index (κ2) is 5.81. The summed E-state index contributed by atoms with van der Waals surface area (Å²) in [6, 6.07) is 12.6. The highest BCUT2D eigenvalue weighted by molar-refractivity contribution is 5.87. The molecule has 1 aliphatic rings. The van der Waals surface area contributed by atoms with Gasteiger partial charge in [0, 0.05) is 24.7 Å². The number of hydrogen-bond donors (Lipinski definition) is 2. The average molecular weight is 270 g/mol. The van der Waals surface area contributed by atoms with Crippen LogP contribution in [0.5, 0.6) is 5.75 Å². The van der Waals surface area contributed by atoms with Gasteiger partial charge in [-0.2, -0.15) is 0 Å². The average Bonchev–Trinajstić information content (AvgIpc) is 2.95. The fraction of sp³-hybridized carbons (Fsp3) is 0.412. The van der Waals surface area contributed by atoms with Gasteiger partial charge in [0.05, 0.1) is 0 Å². The Balaban J connectivity index is 1.80. The van der Waals surface area contributed by atoms with Crippen molar-refractivity contribution >= 4 is 10.8 Å². The molecule has 1 saturated heterocycles. The summed E-state index contributed by atoms with van der Waals surface area (Å²) in [5.41, 5.74) is 1.03. The van der Waals surface area contributed by atoms with Crippen LogP contribution in [-0.2, 0) is 6.54 Å². The number of aromatic hydroxyl groups is 1. The van der Waals surface area contributed by atoms with Gasteiger partial charge >= 0.3 is 0 Å². The predicted molar refractivity (Wildman–Crippen MR) is 83.0 cm³/mol. The standard InChI is InChI=1S/C17H22N2O/c1-19(11-14-6-4-10-18-14)12-16-15-7-3-2-5-13(15)8-9-17(16)20/h2-3,5,7-9,14,18,20H,4,6,10-12H2,1H3. The zero-order valence-electron chi connectivity index (χ0n) is 12.0. The summed E-state index contributed by atoms with van der Waals surface area (Å²) < 4.78 is 0. The zero-order valence-corrected chi connectivity index (χ0v) is 12.0. The van der Waals surface area contributed by atoms with Crippen molar-refractivity contribution in [2.45, 2.75) is 25.4 Å². The number of benzene rings is 2. The third-order valence-corrected chi connectivity index (χ3v) is 4.14. The van der Waals surface area contributed by atoms with Crippen molar-refractivity contribution in [1.82, 2.24) is 10.2 Å². The van der Waals surface area contributed by atoms with Gasteiger partial charge in [-0.15, -0.1) is 0 Å². The van der Waals surface area contributed by atoms with Crippen LogP contribution in [0.1, 0.15) is 18.4 Å². The maximum atomic E-state index is 10.2. The van der Waals surface area contributed by atoms with Crippen LogP contribution >= 0.6 is 0 Å². The van der Waals surface area contributed by atoms with E-state index in [1.807, 2.05) is 18.2 Å². The van der Waals surface area contributed by atoms with Crippen LogP contribution in [0.15, 0.2) is 36.4 Å². The zero-order chi connectivity index (χ0) is 13.9. The smallest absolute Gasteiger partial charge is 0.120 e. The lowest BCUT2D eigenvalue weighted by molar-refractivity contribution is 0.290. The van der Waals surface area contributed by atoms with Crippen molar-refractivity contribution in [3.8, 4) is 5.75 Å². The van der Waals surface area contributed by atoms with Gasteiger partial charge < -0.3 is 15.3 Å². The minimum Gasteiger partial charge on any atom is -0.508 e. The molecule has 0 saturated carbocycles. The highest BCUT2D eigenvalue weighted by Crippen LogP contribution is 2.28. The third-order valence-electron chi connectivity index (χ3n) is 4.14. The molecule has 3 nitrogen and oxygen atoms in total. The fourth-order valence-corrected chi connectivity index (χ4v) is 3.11. The number of phenolic OH excluding ortho intramolecular Hbond substituents is 1. The van der Waals surface area contributed by atoms with E-state index in [1.165, 1.54) is 18.2 Å². The molecule has 0 spiro atoms. The molecule has 0 amide bonds. The van der Waals surface area contributed by atoms with Crippen LogP contribution in [-0.4, -0.2) is 36.2 Å². The first kappa shape index (κ1) is 13.4. The third kappa shape index (κ3) is 2.79. The molecule has 106 valence electrons. The van der Waals surface area contributed by atoms with Gasteiger partial charge in [-0.25, -0.2) is 0 Å². The molecule has 1 heterocycles. The highest BCUT2D eigenvalue weighted by Gasteiger charge is 2.17. The molecule has 2 N–H and O–H groups in total. The Bertz CT molecular complexity index is 591. The number of rotatable bonds is 4. The SMILES string of the molecule is CN(Cc1c(O)ccc2ccccc12)CC1CCCN1. The van der Waals surface area contributed by atoms with Gasteiger partial charge in [-0.1, -0.05) is 30.3 Å². The first-order valence-corrected chi connectivity index (χ1v) is 7.35. The molecule has 1 aliphatic heterocycles. The van der Waals surface area contributed by atoms with Gasteiger partial charge in [0.1, 0.15) is 5.75 Å². The van der Waals surface area contributed by atoms with E-state index in [1.54, 1.807) is 6.07 Å². The predicted octanol–water partition coefficient (Wildman–Crippen LogP) is 2.73. The number of nitrogens with zero attached hydrogens (tertiary/aromatic N) is 1. The summed E-state index contributed by atoms with van der Waals surface area (Å²) in [4.78, 5) is 2.30. The van der Waals surface area contributed by atoms with Gasteiger partial charge in [0.15, 0.2) is 0 Å². The molecule has 0 radical (unpaired) electrons. The molecule has 2 aromatic carbocycles. The van der Waals surface area contributed by atoms with E-state index < -0.39 is 0 Å². The van der Waals surface area contributed by atoms with Crippen LogP contribution in [0.3, 0.4) is 0 Å². The van der Waals surface area contributed by atoms with E-state index in [9.17, 15) is 5.11 Å². The van der Waals surface area contributed by atoms with E-state index in [0.717, 1.165) is 30.6 Å². The van der Waals surface area contributed by atoms with E-state index in [-0.39, 0.29) is 0 Å². The van der Waals surface area contributed by atoms with E-state index in [0.29, 0.717) is 11.8 Å². The molecule has 0 bridgehead atoms. The number of fused-ring (bicyclic) bond motifs is 1. The lowest BCUT2D eigenvalue weighted by Gasteiger charge is -2.22. The Morgan fingerprint density at radius 1 is 1.25 bits per heavy atom. The summed E-state index contributed by atoms with van der Waals surface area (Å²) in [7, 11) is 2.13. The molecular formula is C17H22N2O. The van der Waals surface area contributed by atoms with Crippen molar-refractivity contribution in [1.29, 1.82) is 0 Å². The van der Waals surface area contributed by atoms with Gasteiger partial charge in [-0.3, -0.25) is 0 Å². The monoisotopic (exact) mass is 270 g/mol. The van der Waals surface area contributed by atoms with Crippen molar-refractivity contribution in [3.63, 3.8) is 0 Å². The van der Waals surface area contributed by atoms with E-state index >= 15 is 0 Å². The minimum atomic E-state index is 0.398. The molecule has 3 rings (SSSR count). The van der Waals surface area contributed by atoms with Crippen molar-refractivity contribution in [2.75, 3.05) is 20.1 Å². The summed E-state index contributed by atoms with van der Waals surface area (Å²) in [5.74, 6) is 0.398. The molecule has 1 atom stereocenters. The largest absolute Gasteiger partial charge is 0.508 e. The summed E-state index contributed by atoms with van der Waals surface area (Å²) in [6.45, 7) is 2.95. The molecule has 0 aromatic heterocycles. The van der Waals surface area contributed by atoms with Crippen LogP contribution < -0.4 is 5.32 Å². The van der Waals surface area contributed by atoms with Gasteiger partial charge in [0.2, 0.25) is 0 Å². The fourth-order valence-electron chi connectivity index (χ4n) is 3.11. The van der Waals surface area contributed by atoms with Crippen molar-refractivity contribution in [2.24, 2.45) is 0 Å². The number of hydrogen-bond acceptors (Lipinski definition) is 3. The lowest BCUT2D eigenvalue weighted by atomic mass is 10.0. The van der Waals surface area contributed by atoms with Crippen molar-refractivity contribution < 1.29 is 5.11 Å². The molecular weight excluding hydrogens is 248 g/mol. The Labute approximate surface area is 120 Å². The lowest BCUT2D eigenvalue weighted by Crippen LogP contribution is -2.35. The molecule has 1 fully saturated rings. The highest BCUT2D eigenvalue weighted by atomic mass is 16.3. The molecule has 2 aromatic rings. The summed E-state index contributed by atoms with van der Waals surface area (Å²) >= 11 is 0. The minimum absolute atomic E-state index is 0.398. The molecule has 1 unspecified atom stereocenters. The van der Waals surface area contributed by atoms with Crippen LogP contribution in [0.25, 0.3) is 10.8 Å². The first-order valence-electron chi connectivity index (χ1n) is 7.35. The maximum absolute atomic E-state index is 10.2. The van der Waals surface area contributed by atoms with Gasteiger partial charge in [0.25, 0.3) is 0 Å². The normalized spacial score (nSPS) is 19.0. The van der Waals surface area contributed by atoms with Crippen LogP contribution in [0.2, 0.25) is 0 Å². The topological polar surface area (TPSA) is 35.5 Å². The summed E-state index contributed by atoms with van der Waals surface area (Å²) in [6.07, 6.45) is 2.53. The summed E-state index contributed by atoms with van der Waals surface area (Å²) in [5, 5.41) is 16.0. The van der Waals surface area contributed by atoms with E-state index in [4.69, 9.17) is 0 Å².